The van der Waals surface area contributed by atoms with E-state index in [4.69, 9.17) is 0 Å². The van der Waals surface area contributed by atoms with Crippen LogP contribution in [0.4, 0.5) is 0 Å². The van der Waals surface area contributed by atoms with Crippen LogP contribution in [0.1, 0.15) is 38.7 Å². The van der Waals surface area contributed by atoms with E-state index in [-0.39, 0.29) is 11.2 Å². The maximum atomic E-state index is 12.2. The van der Waals surface area contributed by atoms with Crippen LogP contribution in [0.2, 0.25) is 0 Å². The van der Waals surface area contributed by atoms with E-state index in [1.54, 1.807) is 0 Å². The fourth-order valence-corrected chi connectivity index (χ4v) is 3.37. The van der Waals surface area contributed by atoms with E-state index in [0.717, 1.165) is 18.4 Å². The van der Waals surface area contributed by atoms with Gasteiger partial charge in [-0.1, -0.05) is 47.3 Å². The molecule has 1 heteroatoms. The number of fused-ring (bicyclic) bond motifs is 2. The summed E-state index contributed by atoms with van der Waals surface area (Å²) in [5.74, 6) is 7.42. The van der Waals surface area contributed by atoms with Gasteiger partial charge < -0.3 is 0 Å². The number of hydrogen-bond donors (Lipinski definition) is 0. The summed E-state index contributed by atoms with van der Waals surface area (Å²) in [4.78, 5) is 12.2. The molecule has 0 spiro atoms. The average molecular weight is 276 g/mol. The molecular weight excluding hydrogens is 256 g/mol. The lowest BCUT2D eigenvalue weighted by Gasteiger charge is -2.35. The van der Waals surface area contributed by atoms with Gasteiger partial charge in [0.15, 0.2) is 5.78 Å². The zero-order valence-corrected chi connectivity index (χ0v) is 12.6. The van der Waals surface area contributed by atoms with Crippen molar-refractivity contribution in [2.45, 2.75) is 33.1 Å². The van der Waals surface area contributed by atoms with Crippen molar-refractivity contribution in [3.63, 3.8) is 0 Å². The van der Waals surface area contributed by atoms with Crippen molar-refractivity contribution in [1.29, 1.82) is 0 Å². The van der Waals surface area contributed by atoms with Crippen molar-refractivity contribution in [2.75, 3.05) is 0 Å². The maximum absolute atomic E-state index is 12.2. The van der Waals surface area contributed by atoms with Crippen molar-refractivity contribution < 1.29 is 4.79 Å². The smallest absolute Gasteiger partial charge is 0.157 e. The molecule has 0 radical (unpaired) electrons. The minimum atomic E-state index is -0.274. The highest BCUT2D eigenvalue weighted by Crippen LogP contribution is 2.46. The Balaban J connectivity index is 2.02. The summed E-state index contributed by atoms with van der Waals surface area (Å²) in [6, 6.07) is 10.0. The Bertz CT molecular complexity index is 682. The highest BCUT2D eigenvalue weighted by Gasteiger charge is 2.40. The summed E-state index contributed by atoms with van der Waals surface area (Å²) in [5.41, 5.74) is 3.22. The van der Waals surface area contributed by atoms with E-state index in [0.29, 0.717) is 12.3 Å². The van der Waals surface area contributed by atoms with E-state index < -0.39 is 0 Å². The molecule has 106 valence electrons. The number of hydrogen-bond acceptors (Lipinski definition) is 1. The second-order valence-electron chi connectivity index (χ2n) is 6.25. The summed E-state index contributed by atoms with van der Waals surface area (Å²) >= 11 is 0. The topological polar surface area (TPSA) is 17.1 Å². The molecule has 2 aliphatic rings. The molecule has 0 fully saturated rings. The van der Waals surface area contributed by atoms with Crippen LogP contribution in [-0.4, -0.2) is 5.78 Å². The van der Waals surface area contributed by atoms with Crippen LogP contribution >= 0.6 is 0 Å². The second-order valence-corrected chi connectivity index (χ2v) is 6.25. The maximum Gasteiger partial charge on any atom is 0.157 e. The first kappa shape index (κ1) is 13.9. The van der Waals surface area contributed by atoms with E-state index >= 15 is 0 Å². The number of allylic oxidation sites excluding steroid dienone is 4. The molecule has 2 bridgehead atoms. The lowest BCUT2D eigenvalue weighted by atomic mass is 9.67. The number of ketones is 1. The molecular formula is C20H20O. The Kier molecular flexibility index (Phi) is 3.55. The molecule has 0 heterocycles. The zero-order chi connectivity index (χ0) is 14.9. The fraction of sp³-hybridized carbons (Fsp3) is 0.350. The average Bonchev–Trinajstić information content (AvgIpc) is 2.58. The number of benzene rings is 1. The van der Waals surface area contributed by atoms with Gasteiger partial charge in [0.05, 0.1) is 5.41 Å². The molecule has 0 saturated carbocycles. The van der Waals surface area contributed by atoms with Gasteiger partial charge in [-0.2, -0.15) is 0 Å². The van der Waals surface area contributed by atoms with Gasteiger partial charge in [0.2, 0.25) is 0 Å². The Labute approximate surface area is 126 Å². The summed E-state index contributed by atoms with van der Waals surface area (Å²) in [6.45, 7) is 4.21. The molecule has 0 N–H and O–H groups in total. The van der Waals surface area contributed by atoms with Crippen LogP contribution < -0.4 is 0 Å². The Morgan fingerprint density at radius 2 is 1.95 bits per heavy atom. The monoisotopic (exact) mass is 276 g/mol. The normalized spacial score (nSPS) is 27.9. The molecule has 3 rings (SSSR count). The van der Waals surface area contributed by atoms with Gasteiger partial charge in [-0.15, -0.1) is 0 Å². The van der Waals surface area contributed by atoms with Crippen molar-refractivity contribution in [3.05, 3.63) is 59.2 Å². The summed E-state index contributed by atoms with van der Waals surface area (Å²) in [5, 5.41) is 0. The first-order valence-corrected chi connectivity index (χ1v) is 7.55. The van der Waals surface area contributed by atoms with Gasteiger partial charge in [-0.25, -0.2) is 0 Å². The molecule has 1 aromatic carbocycles. The van der Waals surface area contributed by atoms with Crippen LogP contribution in [0.3, 0.4) is 0 Å². The molecule has 0 aliphatic heterocycles. The minimum Gasteiger partial charge on any atom is -0.295 e. The van der Waals surface area contributed by atoms with Crippen molar-refractivity contribution in [1.82, 2.24) is 0 Å². The molecule has 0 amide bonds. The number of carbonyl (C=O) groups is 1. The first-order valence-electron chi connectivity index (χ1n) is 7.55. The van der Waals surface area contributed by atoms with E-state index in [1.807, 2.05) is 36.4 Å². The predicted molar refractivity (Wildman–Crippen MR) is 85.6 cm³/mol. The van der Waals surface area contributed by atoms with E-state index in [1.165, 1.54) is 11.1 Å². The first-order chi connectivity index (χ1) is 10.1. The van der Waals surface area contributed by atoms with Gasteiger partial charge in [-0.05, 0) is 50.8 Å². The van der Waals surface area contributed by atoms with Crippen LogP contribution in [0.15, 0.2) is 53.6 Å². The van der Waals surface area contributed by atoms with Gasteiger partial charge in [0.1, 0.15) is 0 Å². The molecule has 21 heavy (non-hydrogen) atoms. The van der Waals surface area contributed by atoms with Crippen LogP contribution in [-0.2, 0) is 4.79 Å². The molecule has 0 saturated heterocycles. The quantitative estimate of drug-likeness (QED) is 0.510. The summed E-state index contributed by atoms with van der Waals surface area (Å²) < 4.78 is 0. The SMILES string of the molecule is CC1=CC(=O)C[C@]2(C#Cc3ccccc3)C[C@H]1CC=C2C. The van der Waals surface area contributed by atoms with Crippen LogP contribution in [0.25, 0.3) is 0 Å². The third-order valence-electron chi connectivity index (χ3n) is 4.79. The lowest BCUT2D eigenvalue weighted by Crippen LogP contribution is -2.28. The Hall–Kier alpha value is -2.07. The van der Waals surface area contributed by atoms with Gasteiger partial charge >= 0.3 is 0 Å². The highest BCUT2D eigenvalue weighted by atomic mass is 16.1. The third-order valence-corrected chi connectivity index (χ3v) is 4.79. The van der Waals surface area contributed by atoms with Crippen molar-refractivity contribution in [2.24, 2.45) is 11.3 Å². The molecule has 1 nitrogen and oxygen atoms in total. The van der Waals surface area contributed by atoms with E-state index in [2.05, 4.69) is 31.8 Å². The van der Waals surface area contributed by atoms with E-state index in [9.17, 15) is 4.79 Å². The highest BCUT2D eigenvalue weighted by molar-refractivity contribution is 5.92. The number of rotatable bonds is 0. The van der Waals surface area contributed by atoms with Crippen LogP contribution in [0.5, 0.6) is 0 Å². The van der Waals surface area contributed by atoms with Gasteiger partial charge in [0, 0.05) is 12.0 Å². The lowest BCUT2D eigenvalue weighted by molar-refractivity contribution is -0.115. The van der Waals surface area contributed by atoms with Crippen molar-refractivity contribution >= 4 is 5.78 Å². The van der Waals surface area contributed by atoms with Crippen molar-refractivity contribution in [3.8, 4) is 11.8 Å². The third kappa shape index (κ3) is 2.72. The summed E-state index contributed by atoms with van der Waals surface area (Å²) in [7, 11) is 0. The molecule has 2 atom stereocenters. The second kappa shape index (κ2) is 5.37. The standard InChI is InChI=1S/C20H20O/c1-15-12-19(21)14-20(13-18(15)9-8-16(20)2)11-10-17-6-4-3-5-7-17/h3-8,12,18H,9,13-14H2,1-2H3/t18-,20+/m1/s1. The molecule has 0 unspecified atom stereocenters. The minimum absolute atomic E-state index is 0.215. The molecule has 0 aromatic heterocycles. The Morgan fingerprint density at radius 1 is 1.19 bits per heavy atom. The zero-order valence-electron chi connectivity index (χ0n) is 12.6. The van der Waals surface area contributed by atoms with Gasteiger partial charge in [-0.3, -0.25) is 4.79 Å². The number of carbonyl (C=O) groups excluding carboxylic acids is 1. The van der Waals surface area contributed by atoms with Crippen LogP contribution in [0, 0.1) is 23.2 Å². The molecule has 1 aromatic rings. The largest absolute Gasteiger partial charge is 0.295 e. The Morgan fingerprint density at radius 3 is 2.71 bits per heavy atom. The fourth-order valence-electron chi connectivity index (χ4n) is 3.37. The predicted octanol–water partition coefficient (Wildman–Crippen LogP) is 4.30. The van der Waals surface area contributed by atoms with Gasteiger partial charge in [0.25, 0.3) is 0 Å². The summed E-state index contributed by atoms with van der Waals surface area (Å²) in [6.07, 6.45) is 6.65. The molecule has 2 aliphatic carbocycles.